The number of aromatic nitrogens is 2. The summed E-state index contributed by atoms with van der Waals surface area (Å²) in [7, 11) is 0. The average Bonchev–Trinajstić information content (AvgIpc) is 3.10. The molecular formula is C13H17N3O2S. The molecule has 5 nitrogen and oxygen atoms in total. The van der Waals surface area contributed by atoms with Crippen molar-refractivity contribution in [2.24, 2.45) is 0 Å². The molecule has 1 fully saturated rings. The van der Waals surface area contributed by atoms with Gasteiger partial charge in [-0.25, -0.2) is 0 Å². The molecule has 0 bridgehead atoms. The highest BCUT2D eigenvalue weighted by Gasteiger charge is 2.23. The minimum Gasteiger partial charge on any atom is -0.371 e. The van der Waals surface area contributed by atoms with Crippen LogP contribution in [0.2, 0.25) is 0 Å². The highest BCUT2D eigenvalue weighted by atomic mass is 32.1. The van der Waals surface area contributed by atoms with Crippen molar-refractivity contribution >= 4 is 11.3 Å². The first kappa shape index (κ1) is 12.8. The Kier molecular flexibility index (Phi) is 3.91. The highest BCUT2D eigenvalue weighted by molar-refractivity contribution is 7.07. The maximum absolute atomic E-state index is 5.82. The van der Waals surface area contributed by atoms with Gasteiger partial charge in [0.15, 0.2) is 5.82 Å². The van der Waals surface area contributed by atoms with E-state index in [4.69, 9.17) is 9.26 Å². The number of aryl methyl sites for hydroxylation is 1. The molecule has 0 radical (unpaired) electrons. The molecule has 0 spiro atoms. The van der Waals surface area contributed by atoms with Crippen LogP contribution in [0.15, 0.2) is 21.3 Å². The number of ether oxygens (including phenoxy) is 1. The summed E-state index contributed by atoms with van der Waals surface area (Å²) in [5, 5.41) is 8.24. The Morgan fingerprint density at radius 1 is 1.53 bits per heavy atom. The van der Waals surface area contributed by atoms with Gasteiger partial charge < -0.3 is 9.26 Å². The van der Waals surface area contributed by atoms with Crippen LogP contribution < -0.4 is 0 Å². The van der Waals surface area contributed by atoms with Crippen LogP contribution in [0.3, 0.4) is 0 Å². The summed E-state index contributed by atoms with van der Waals surface area (Å²) in [5.41, 5.74) is 1.26. The van der Waals surface area contributed by atoms with Crippen molar-refractivity contribution < 1.29 is 9.26 Å². The lowest BCUT2D eigenvalue weighted by Gasteiger charge is -2.31. The lowest BCUT2D eigenvalue weighted by Crippen LogP contribution is -2.37. The molecule has 19 heavy (non-hydrogen) atoms. The summed E-state index contributed by atoms with van der Waals surface area (Å²) in [6.07, 6.45) is 0.950. The van der Waals surface area contributed by atoms with Crippen LogP contribution in [-0.4, -0.2) is 34.7 Å². The van der Waals surface area contributed by atoms with Crippen LogP contribution in [-0.2, 0) is 17.7 Å². The summed E-state index contributed by atoms with van der Waals surface area (Å²) >= 11 is 1.71. The van der Waals surface area contributed by atoms with Crippen LogP contribution in [0, 0.1) is 0 Å². The molecule has 3 heterocycles. The molecule has 1 atom stereocenters. The molecule has 102 valence electrons. The molecule has 2 aromatic heterocycles. The van der Waals surface area contributed by atoms with E-state index in [0.29, 0.717) is 5.89 Å². The average molecular weight is 279 g/mol. The van der Waals surface area contributed by atoms with E-state index >= 15 is 0 Å². The van der Waals surface area contributed by atoms with Crippen LogP contribution in [0.5, 0.6) is 0 Å². The largest absolute Gasteiger partial charge is 0.371 e. The highest BCUT2D eigenvalue weighted by Crippen LogP contribution is 2.24. The van der Waals surface area contributed by atoms with E-state index in [-0.39, 0.29) is 6.10 Å². The molecule has 1 aliphatic heterocycles. The Morgan fingerprint density at radius 2 is 2.47 bits per heavy atom. The first-order valence-corrected chi connectivity index (χ1v) is 7.47. The fourth-order valence-electron chi connectivity index (χ4n) is 2.20. The fourth-order valence-corrected chi connectivity index (χ4v) is 2.91. The Bertz CT molecular complexity index is 512. The van der Waals surface area contributed by atoms with Crippen molar-refractivity contribution in [1.29, 1.82) is 0 Å². The van der Waals surface area contributed by atoms with Crippen molar-refractivity contribution in [1.82, 2.24) is 15.0 Å². The summed E-state index contributed by atoms with van der Waals surface area (Å²) in [5.74, 6) is 1.47. The SMILES string of the molecule is CCc1nc(CN2CCO[C@@H](c3ccsc3)C2)no1. The van der Waals surface area contributed by atoms with E-state index in [1.807, 2.05) is 6.92 Å². The van der Waals surface area contributed by atoms with E-state index in [1.54, 1.807) is 11.3 Å². The monoisotopic (exact) mass is 279 g/mol. The van der Waals surface area contributed by atoms with Gasteiger partial charge in [0, 0.05) is 19.5 Å². The van der Waals surface area contributed by atoms with E-state index in [9.17, 15) is 0 Å². The normalized spacial score (nSPS) is 20.8. The second-order valence-corrected chi connectivity index (χ2v) is 5.39. The molecule has 1 aliphatic rings. The molecular weight excluding hydrogens is 262 g/mol. The summed E-state index contributed by atoms with van der Waals surface area (Å²) in [4.78, 5) is 6.67. The van der Waals surface area contributed by atoms with E-state index in [0.717, 1.165) is 38.5 Å². The van der Waals surface area contributed by atoms with Crippen LogP contribution >= 0.6 is 11.3 Å². The Labute approximate surface area is 116 Å². The first-order valence-electron chi connectivity index (χ1n) is 6.52. The van der Waals surface area contributed by atoms with E-state index in [1.165, 1.54) is 5.56 Å². The lowest BCUT2D eigenvalue weighted by atomic mass is 10.1. The maximum atomic E-state index is 5.82. The topological polar surface area (TPSA) is 51.4 Å². The quantitative estimate of drug-likeness (QED) is 0.859. The van der Waals surface area contributed by atoms with Crippen molar-refractivity contribution in [2.45, 2.75) is 26.0 Å². The van der Waals surface area contributed by atoms with Gasteiger partial charge >= 0.3 is 0 Å². The van der Waals surface area contributed by atoms with Gasteiger partial charge in [-0.3, -0.25) is 4.90 Å². The lowest BCUT2D eigenvalue weighted by molar-refractivity contribution is -0.0336. The number of hydrogen-bond donors (Lipinski definition) is 0. The minimum absolute atomic E-state index is 0.164. The predicted octanol–water partition coefficient (Wildman–Crippen LogP) is 2.27. The smallest absolute Gasteiger partial charge is 0.226 e. The second kappa shape index (κ2) is 5.81. The van der Waals surface area contributed by atoms with Crippen molar-refractivity contribution in [2.75, 3.05) is 19.7 Å². The fraction of sp³-hybridized carbons (Fsp3) is 0.538. The van der Waals surface area contributed by atoms with Crippen LogP contribution in [0.1, 0.15) is 30.3 Å². The van der Waals surface area contributed by atoms with Crippen LogP contribution in [0.4, 0.5) is 0 Å². The molecule has 0 unspecified atom stereocenters. The third-order valence-corrected chi connectivity index (χ3v) is 3.94. The van der Waals surface area contributed by atoms with E-state index in [2.05, 4.69) is 31.9 Å². The standard InChI is InChI=1S/C13H17N3O2S/c1-2-13-14-12(15-18-13)8-16-4-5-17-11(7-16)10-3-6-19-9-10/h3,6,9,11H,2,4-5,7-8H2,1H3/t11-/m1/s1. The number of nitrogens with zero attached hydrogens (tertiary/aromatic N) is 3. The first-order chi connectivity index (χ1) is 9.35. The molecule has 0 aromatic carbocycles. The zero-order valence-electron chi connectivity index (χ0n) is 10.9. The number of morpholine rings is 1. The molecule has 0 amide bonds. The molecule has 0 aliphatic carbocycles. The summed E-state index contributed by atoms with van der Waals surface area (Å²) in [6, 6.07) is 2.13. The molecule has 0 saturated carbocycles. The molecule has 2 aromatic rings. The third kappa shape index (κ3) is 3.02. The van der Waals surface area contributed by atoms with Crippen molar-refractivity contribution in [3.63, 3.8) is 0 Å². The Morgan fingerprint density at radius 3 is 3.21 bits per heavy atom. The zero-order chi connectivity index (χ0) is 13.1. The number of thiophene rings is 1. The van der Waals surface area contributed by atoms with Gasteiger partial charge in [-0.1, -0.05) is 12.1 Å². The second-order valence-electron chi connectivity index (χ2n) is 4.61. The molecule has 1 saturated heterocycles. The van der Waals surface area contributed by atoms with Gasteiger partial charge in [0.2, 0.25) is 5.89 Å². The number of hydrogen-bond acceptors (Lipinski definition) is 6. The summed E-state index contributed by atoms with van der Waals surface area (Å²) < 4.78 is 11.0. The van der Waals surface area contributed by atoms with Gasteiger partial charge in [-0.15, -0.1) is 0 Å². The van der Waals surface area contributed by atoms with Gasteiger partial charge in [0.05, 0.1) is 19.3 Å². The predicted molar refractivity (Wildman–Crippen MR) is 72.0 cm³/mol. The van der Waals surface area contributed by atoms with E-state index < -0.39 is 0 Å². The third-order valence-electron chi connectivity index (χ3n) is 3.24. The minimum atomic E-state index is 0.164. The molecule has 3 rings (SSSR count). The maximum Gasteiger partial charge on any atom is 0.226 e. The Balaban J connectivity index is 1.62. The summed E-state index contributed by atoms with van der Waals surface area (Å²) in [6.45, 7) is 5.29. The van der Waals surface area contributed by atoms with Gasteiger partial charge in [-0.2, -0.15) is 16.3 Å². The Hall–Kier alpha value is -1.24. The molecule has 0 N–H and O–H groups in total. The van der Waals surface area contributed by atoms with Crippen molar-refractivity contribution in [3.8, 4) is 0 Å². The zero-order valence-corrected chi connectivity index (χ0v) is 11.7. The van der Waals surface area contributed by atoms with Gasteiger partial charge in [-0.05, 0) is 22.4 Å². The number of rotatable bonds is 4. The van der Waals surface area contributed by atoms with Gasteiger partial charge in [0.1, 0.15) is 0 Å². The van der Waals surface area contributed by atoms with Gasteiger partial charge in [0.25, 0.3) is 0 Å². The van der Waals surface area contributed by atoms with Crippen LogP contribution in [0.25, 0.3) is 0 Å². The molecule has 6 heteroatoms. The van der Waals surface area contributed by atoms with Crippen molar-refractivity contribution in [3.05, 3.63) is 34.1 Å².